The lowest BCUT2D eigenvalue weighted by Gasteiger charge is -2.07. The fourth-order valence-electron chi connectivity index (χ4n) is 1.34. The van der Waals surface area contributed by atoms with Gasteiger partial charge in [-0.3, -0.25) is 4.79 Å². The summed E-state index contributed by atoms with van der Waals surface area (Å²) >= 11 is 1.50. The van der Waals surface area contributed by atoms with Crippen LogP contribution >= 0.6 is 11.8 Å². The van der Waals surface area contributed by atoms with Crippen molar-refractivity contribution < 1.29 is 9.53 Å². The Labute approximate surface area is 105 Å². The van der Waals surface area contributed by atoms with Crippen LogP contribution in [0.25, 0.3) is 0 Å². The molecule has 1 N–H and O–H groups in total. The second kappa shape index (κ2) is 8.08. The van der Waals surface area contributed by atoms with Gasteiger partial charge in [-0.15, -0.1) is 10.2 Å². The molecule has 6 nitrogen and oxygen atoms in total. The van der Waals surface area contributed by atoms with Gasteiger partial charge in [0.1, 0.15) is 6.33 Å². The molecule has 17 heavy (non-hydrogen) atoms. The zero-order valence-corrected chi connectivity index (χ0v) is 11.0. The number of amides is 1. The van der Waals surface area contributed by atoms with Crippen LogP contribution in [0.15, 0.2) is 6.33 Å². The van der Waals surface area contributed by atoms with E-state index in [0.29, 0.717) is 18.9 Å². The Morgan fingerprint density at radius 2 is 2.47 bits per heavy atom. The summed E-state index contributed by atoms with van der Waals surface area (Å²) in [5.74, 6) is 1.26. The van der Waals surface area contributed by atoms with E-state index in [9.17, 15) is 4.79 Å². The van der Waals surface area contributed by atoms with Gasteiger partial charge in [0, 0.05) is 20.3 Å². The molecule has 0 atom stereocenters. The summed E-state index contributed by atoms with van der Waals surface area (Å²) in [4.78, 5) is 11.3. The summed E-state index contributed by atoms with van der Waals surface area (Å²) in [7, 11) is 1.68. The van der Waals surface area contributed by atoms with Gasteiger partial charge in [0.05, 0.1) is 12.3 Å². The molecule has 0 bridgehead atoms. The topological polar surface area (TPSA) is 69.0 Å². The van der Waals surface area contributed by atoms with Crippen LogP contribution < -0.4 is 5.32 Å². The minimum Gasteiger partial charge on any atom is -0.385 e. The number of carbonyl (C=O) groups excluding carboxylic acids is 1. The van der Waals surface area contributed by atoms with Gasteiger partial charge >= 0.3 is 0 Å². The zero-order chi connectivity index (χ0) is 12.5. The summed E-state index contributed by atoms with van der Waals surface area (Å²) in [5.41, 5.74) is 0. The average molecular weight is 258 g/mol. The van der Waals surface area contributed by atoms with Crippen molar-refractivity contribution in [2.24, 2.45) is 0 Å². The van der Waals surface area contributed by atoms with Crippen molar-refractivity contribution in [2.45, 2.75) is 19.5 Å². The highest BCUT2D eigenvalue weighted by Gasteiger charge is 2.06. The van der Waals surface area contributed by atoms with Gasteiger partial charge in [-0.05, 0) is 12.7 Å². The molecule has 0 fully saturated rings. The van der Waals surface area contributed by atoms with Crippen LogP contribution in [0.2, 0.25) is 0 Å². The molecule has 0 aliphatic rings. The summed E-state index contributed by atoms with van der Waals surface area (Å²) < 4.78 is 6.91. The Morgan fingerprint density at radius 3 is 3.18 bits per heavy atom. The Hall–Kier alpha value is -1.08. The van der Waals surface area contributed by atoms with E-state index in [2.05, 4.69) is 15.5 Å². The van der Waals surface area contributed by atoms with Crippen LogP contribution in [0.3, 0.4) is 0 Å². The standard InChI is InChI=1S/C10H18N4O2S/c1-16-5-3-4-14-8-12-13-9(14)6-11-10(15)7-17-2/h8H,3-7H2,1-2H3,(H,11,15). The molecule has 7 heteroatoms. The van der Waals surface area contributed by atoms with Gasteiger partial charge in [-0.2, -0.15) is 11.8 Å². The number of hydrogen-bond acceptors (Lipinski definition) is 5. The number of rotatable bonds is 8. The molecular weight excluding hydrogens is 240 g/mol. The highest BCUT2D eigenvalue weighted by Crippen LogP contribution is 1.98. The van der Waals surface area contributed by atoms with Crippen LogP contribution in [0.1, 0.15) is 12.2 Å². The fourth-order valence-corrected chi connectivity index (χ4v) is 1.71. The van der Waals surface area contributed by atoms with Crippen LogP contribution in [0.4, 0.5) is 0 Å². The number of nitrogens with one attached hydrogen (secondary N) is 1. The quantitative estimate of drug-likeness (QED) is 0.679. The van der Waals surface area contributed by atoms with Gasteiger partial charge in [-0.1, -0.05) is 0 Å². The lowest BCUT2D eigenvalue weighted by molar-refractivity contribution is -0.118. The third-order valence-corrected chi connectivity index (χ3v) is 2.71. The van der Waals surface area contributed by atoms with Gasteiger partial charge in [0.15, 0.2) is 5.82 Å². The molecule has 0 aromatic carbocycles. The second-order valence-electron chi connectivity index (χ2n) is 3.50. The van der Waals surface area contributed by atoms with E-state index >= 15 is 0 Å². The van der Waals surface area contributed by atoms with Crippen molar-refractivity contribution in [3.05, 3.63) is 12.2 Å². The number of hydrogen-bond donors (Lipinski definition) is 1. The summed E-state index contributed by atoms with van der Waals surface area (Å²) in [5, 5.41) is 10.6. The third-order valence-electron chi connectivity index (χ3n) is 2.16. The van der Waals surface area contributed by atoms with Crippen molar-refractivity contribution >= 4 is 17.7 Å². The molecule has 0 radical (unpaired) electrons. The van der Waals surface area contributed by atoms with E-state index in [1.165, 1.54) is 11.8 Å². The number of aromatic nitrogens is 3. The molecule has 0 aliphatic carbocycles. The van der Waals surface area contributed by atoms with Crippen molar-refractivity contribution in [1.29, 1.82) is 0 Å². The van der Waals surface area contributed by atoms with Gasteiger partial charge in [0.25, 0.3) is 0 Å². The number of nitrogens with zero attached hydrogens (tertiary/aromatic N) is 3. The average Bonchev–Trinajstić information content (AvgIpc) is 2.75. The number of thioether (sulfide) groups is 1. The SMILES string of the molecule is COCCCn1cnnc1CNC(=O)CSC. The molecule has 1 aromatic heterocycles. The number of aryl methyl sites for hydroxylation is 1. The molecule has 1 rings (SSSR count). The Bertz CT molecular complexity index is 343. The highest BCUT2D eigenvalue weighted by atomic mass is 32.2. The maximum Gasteiger partial charge on any atom is 0.230 e. The third kappa shape index (κ3) is 5.18. The molecule has 1 heterocycles. The monoisotopic (exact) mass is 258 g/mol. The predicted octanol–water partition coefficient (Wildman–Crippen LogP) is 0.294. The first-order chi connectivity index (χ1) is 8.27. The van der Waals surface area contributed by atoms with Gasteiger partial charge in [-0.25, -0.2) is 0 Å². The van der Waals surface area contributed by atoms with Crippen LogP contribution in [-0.4, -0.2) is 46.4 Å². The predicted molar refractivity (Wildman–Crippen MR) is 66.7 cm³/mol. The summed E-state index contributed by atoms with van der Waals surface area (Å²) in [6.07, 6.45) is 4.47. The van der Waals surface area contributed by atoms with Gasteiger partial charge in [0.2, 0.25) is 5.91 Å². The van der Waals surface area contributed by atoms with Gasteiger partial charge < -0.3 is 14.6 Å². The molecule has 0 saturated heterocycles. The molecule has 96 valence electrons. The van der Waals surface area contributed by atoms with Crippen molar-refractivity contribution in [1.82, 2.24) is 20.1 Å². The first-order valence-electron chi connectivity index (χ1n) is 5.39. The van der Waals surface area contributed by atoms with Crippen LogP contribution in [0.5, 0.6) is 0 Å². The van der Waals surface area contributed by atoms with Crippen molar-refractivity contribution in [3.8, 4) is 0 Å². The minimum atomic E-state index is 0.0175. The maximum atomic E-state index is 11.3. The lowest BCUT2D eigenvalue weighted by Crippen LogP contribution is -2.26. The normalized spacial score (nSPS) is 10.5. The number of carbonyl (C=O) groups is 1. The van der Waals surface area contributed by atoms with E-state index < -0.39 is 0 Å². The largest absolute Gasteiger partial charge is 0.385 e. The summed E-state index contributed by atoms with van der Waals surface area (Å²) in [6.45, 7) is 1.93. The number of methoxy groups -OCH3 is 1. The Balaban J connectivity index is 2.37. The lowest BCUT2D eigenvalue weighted by atomic mass is 10.4. The van der Waals surface area contributed by atoms with E-state index in [4.69, 9.17) is 4.74 Å². The maximum absolute atomic E-state index is 11.3. The molecular formula is C10H18N4O2S. The molecule has 0 aliphatic heterocycles. The van der Waals surface area contributed by atoms with E-state index in [0.717, 1.165) is 18.8 Å². The highest BCUT2D eigenvalue weighted by molar-refractivity contribution is 7.99. The van der Waals surface area contributed by atoms with Crippen molar-refractivity contribution in [2.75, 3.05) is 25.7 Å². The minimum absolute atomic E-state index is 0.0175. The first kappa shape index (κ1) is 14.0. The van der Waals surface area contributed by atoms with E-state index in [1.807, 2.05) is 10.8 Å². The van der Waals surface area contributed by atoms with E-state index in [1.54, 1.807) is 13.4 Å². The van der Waals surface area contributed by atoms with Crippen molar-refractivity contribution in [3.63, 3.8) is 0 Å². The second-order valence-corrected chi connectivity index (χ2v) is 4.36. The zero-order valence-electron chi connectivity index (χ0n) is 10.2. The molecule has 0 unspecified atom stereocenters. The van der Waals surface area contributed by atoms with Crippen LogP contribution in [-0.2, 0) is 22.6 Å². The molecule has 0 spiro atoms. The van der Waals surface area contributed by atoms with E-state index in [-0.39, 0.29) is 5.91 Å². The van der Waals surface area contributed by atoms with Crippen LogP contribution in [0, 0.1) is 0 Å². The smallest absolute Gasteiger partial charge is 0.230 e. The Morgan fingerprint density at radius 1 is 1.65 bits per heavy atom. The molecule has 1 aromatic rings. The molecule has 1 amide bonds. The number of ether oxygens (including phenoxy) is 1. The fraction of sp³-hybridized carbons (Fsp3) is 0.700. The summed E-state index contributed by atoms with van der Waals surface area (Å²) in [6, 6.07) is 0. The molecule has 0 saturated carbocycles. The Kier molecular flexibility index (Phi) is 6.64. The first-order valence-corrected chi connectivity index (χ1v) is 6.78.